The SMILES string of the molecule is CC(C)c1nnc(SCc2ccccc2F)n1C(C)C. The first kappa shape index (κ1) is 15.0. The first-order valence-corrected chi connectivity index (χ1v) is 7.80. The van der Waals surface area contributed by atoms with Gasteiger partial charge in [0.05, 0.1) is 0 Å². The van der Waals surface area contributed by atoms with E-state index in [2.05, 4.69) is 42.5 Å². The lowest BCUT2D eigenvalue weighted by molar-refractivity contribution is 0.512. The van der Waals surface area contributed by atoms with Gasteiger partial charge in [-0.05, 0) is 25.5 Å². The first-order valence-electron chi connectivity index (χ1n) is 6.81. The van der Waals surface area contributed by atoms with Crippen molar-refractivity contribution in [1.82, 2.24) is 14.8 Å². The Morgan fingerprint density at radius 1 is 1.15 bits per heavy atom. The van der Waals surface area contributed by atoms with Gasteiger partial charge < -0.3 is 4.57 Å². The minimum Gasteiger partial charge on any atom is -0.303 e. The zero-order valence-corrected chi connectivity index (χ0v) is 13.1. The van der Waals surface area contributed by atoms with Crippen molar-refractivity contribution in [3.63, 3.8) is 0 Å². The largest absolute Gasteiger partial charge is 0.303 e. The minimum absolute atomic E-state index is 0.167. The lowest BCUT2D eigenvalue weighted by Crippen LogP contribution is -2.09. The number of nitrogens with zero attached hydrogens (tertiary/aromatic N) is 3. The van der Waals surface area contributed by atoms with E-state index >= 15 is 0 Å². The highest BCUT2D eigenvalue weighted by Crippen LogP contribution is 2.28. The van der Waals surface area contributed by atoms with Gasteiger partial charge in [-0.1, -0.05) is 43.8 Å². The van der Waals surface area contributed by atoms with E-state index in [4.69, 9.17) is 0 Å². The third-order valence-electron chi connectivity index (χ3n) is 3.04. The van der Waals surface area contributed by atoms with Crippen LogP contribution in [0.2, 0.25) is 0 Å². The van der Waals surface area contributed by atoms with Gasteiger partial charge in [0.1, 0.15) is 11.6 Å². The van der Waals surface area contributed by atoms with E-state index in [1.807, 2.05) is 12.1 Å². The van der Waals surface area contributed by atoms with Gasteiger partial charge in [-0.15, -0.1) is 10.2 Å². The third kappa shape index (κ3) is 3.20. The Morgan fingerprint density at radius 3 is 2.45 bits per heavy atom. The average molecular weight is 293 g/mol. The number of hydrogen-bond donors (Lipinski definition) is 0. The maximum absolute atomic E-state index is 13.6. The lowest BCUT2D eigenvalue weighted by atomic mass is 10.2. The van der Waals surface area contributed by atoms with Crippen molar-refractivity contribution in [3.05, 3.63) is 41.5 Å². The van der Waals surface area contributed by atoms with Crippen LogP contribution in [0.1, 0.15) is 51.0 Å². The summed E-state index contributed by atoms with van der Waals surface area (Å²) in [5.41, 5.74) is 0.696. The van der Waals surface area contributed by atoms with Crippen LogP contribution in [0, 0.1) is 5.82 Å². The third-order valence-corrected chi connectivity index (χ3v) is 4.03. The Kier molecular flexibility index (Phi) is 4.81. The quantitative estimate of drug-likeness (QED) is 0.765. The fourth-order valence-electron chi connectivity index (χ4n) is 2.02. The molecule has 2 rings (SSSR count). The van der Waals surface area contributed by atoms with Gasteiger partial charge in [-0.2, -0.15) is 0 Å². The average Bonchev–Trinajstić information content (AvgIpc) is 2.82. The van der Waals surface area contributed by atoms with Crippen LogP contribution in [-0.4, -0.2) is 14.8 Å². The molecular weight excluding hydrogens is 273 g/mol. The van der Waals surface area contributed by atoms with Gasteiger partial charge >= 0.3 is 0 Å². The Bertz CT molecular complexity index is 578. The summed E-state index contributed by atoms with van der Waals surface area (Å²) in [5, 5.41) is 9.38. The predicted octanol–water partition coefficient (Wildman–Crippen LogP) is 4.41. The molecule has 3 nitrogen and oxygen atoms in total. The Balaban J connectivity index is 2.20. The van der Waals surface area contributed by atoms with E-state index in [0.29, 0.717) is 23.3 Å². The number of rotatable bonds is 5. The summed E-state index contributed by atoms with van der Waals surface area (Å²) in [6, 6.07) is 7.15. The topological polar surface area (TPSA) is 30.7 Å². The van der Waals surface area contributed by atoms with Crippen molar-refractivity contribution in [3.8, 4) is 0 Å². The first-order chi connectivity index (χ1) is 9.50. The number of halogens is 1. The summed E-state index contributed by atoms with van der Waals surface area (Å²) in [6.45, 7) is 8.44. The van der Waals surface area contributed by atoms with Crippen LogP contribution in [0.4, 0.5) is 4.39 Å². The molecule has 0 saturated carbocycles. The smallest absolute Gasteiger partial charge is 0.191 e. The number of aromatic nitrogens is 3. The molecule has 0 atom stereocenters. The molecule has 5 heteroatoms. The van der Waals surface area contributed by atoms with E-state index in [1.165, 1.54) is 17.8 Å². The van der Waals surface area contributed by atoms with Crippen molar-refractivity contribution in [2.45, 2.75) is 50.6 Å². The van der Waals surface area contributed by atoms with Crippen molar-refractivity contribution in [1.29, 1.82) is 0 Å². The van der Waals surface area contributed by atoms with E-state index in [0.717, 1.165) is 11.0 Å². The summed E-state index contributed by atoms with van der Waals surface area (Å²) in [6.07, 6.45) is 0. The predicted molar refractivity (Wildman–Crippen MR) is 80.5 cm³/mol. The van der Waals surface area contributed by atoms with Crippen molar-refractivity contribution >= 4 is 11.8 Å². The van der Waals surface area contributed by atoms with Crippen LogP contribution in [0.5, 0.6) is 0 Å². The Morgan fingerprint density at radius 2 is 1.85 bits per heavy atom. The van der Waals surface area contributed by atoms with Crippen molar-refractivity contribution in [2.24, 2.45) is 0 Å². The number of hydrogen-bond acceptors (Lipinski definition) is 3. The van der Waals surface area contributed by atoms with E-state index in [-0.39, 0.29) is 5.82 Å². The summed E-state index contributed by atoms with van der Waals surface area (Å²) in [5.74, 6) is 1.71. The fourth-order valence-corrected chi connectivity index (χ4v) is 3.08. The van der Waals surface area contributed by atoms with E-state index < -0.39 is 0 Å². The van der Waals surface area contributed by atoms with Crippen LogP contribution >= 0.6 is 11.8 Å². The van der Waals surface area contributed by atoms with Gasteiger partial charge in [0.2, 0.25) is 0 Å². The molecule has 1 heterocycles. The molecule has 0 bridgehead atoms. The minimum atomic E-state index is -0.167. The summed E-state index contributed by atoms with van der Waals surface area (Å²) in [7, 11) is 0. The normalized spacial score (nSPS) is 11.6. The number of benzene rings is 1. The molecule has 0 aliphatic carbocycles. The molecule has 0 unspecified atom stereocenters. The second kappa shape index (κ2) is 6.39. The summed E-state index contributed by atoms with van der Waals surface area (Å²) < 4.78 is 15.8. The highest BCUT2D eigenvalue weighted by molar-refractivity contribution is 7.98. The van der Waals surface area contributed by atoms with Crippen LogP contribution in [0.25, 0.3) is 0 Å². The maximum atomic E-state index is 13.6. The Labute approximate surface area is 123 Å². The summed E-state index contributed by atoms with van der Waals surface area (Å²) in [4.78, 5) is 0. The molecule has 1 aromatic heterocycles. The molecule has 0 radical (unpaired) electrons. The van der Waals surface area contributed by atoms with Crippen LogP contribution in [0.15, 0.2) is 29.4 Å². The van der Waals surface area contributed by atoms with Crippen molar-refractivity contribution in [2.75, 3.05) is 0 Å². The molecule has 108 valence electrons. The summed E-state index contributed by atoms with van der Waals surface area (Å²) >= 11 is 1.53. The number of thioether (sulfide) groups is 1. The monoisotopic (exact) mass is 293 g/mol. The van der Waals surface area contributed by atoms with Crippen LogP contribution in [0.3, 0.4) is 0 Å². The van der Waals surface area contributed by atoms with Gasteiger partial charge in [0.15, 0.2) is 5.16 Å². The van der Waals surface area contributed by atoms with E-state index in [1.54, 1.807) is 6.07 Å². The molecule has 0 N–H and O–H groups in total. The standard InChI is InChI=1S/C15H20FN3S/c1-10(2)14-17-18-15(19(14)11(3)4)20-9-12-7-5-6-8-13(12)16/h5-8,10-11H,9H2,1-4H3. The second-order valence-corrected chi connectivity index (χ2v) is 6.28. The van der Waals surface area contributed by atoms with Crippen molar-refractivity contribution < 1.29 is 4.39 Å². The van der Waals surface area contributed by atoms with Gasteiger partial charge in [0.25, 0.3) is 0 Å². The fraction of sp³-hybridized carbons (Fsp3) is 0.467. The molecule has 0 amide bonds. The highest BCUT2D eigenvalue weighted by atomic mass is 32.2. The lowest BCUT2D eigenvalue weighted by Gasteiger charge is -2.15. The van der Waals surface area contributed by atoms with Crippen LogP contribution in [-0.2, 0) is 5.75 Å². The van der Waals surface area contributed by atoms with Gasteiger partial charge in [-0.3, -0.25) is 0 Å². The zero-order valence-electron chi connectivity index (χ0n) is 12.3. The molecule has 1 aromatic carbocycles. The molecule has 20 heavy (non-hydrogen) atoms. The molecule has 2 aromatic rings. The van der Waals surface area contributed by atoms with E-state index in [9.17, 15) is 4.39 Å². The maximum Gasteiger partial charge on any atom is 0.191 e. The van der Waals surface area contributed by atoms with Crippen LogP contribution < -0.4 is 0 Å². The molecule has 0 fully saturated rings. The Hall–Kier alpha value is -1.36. The second-order valence-electron chi connectivity index (χ2n) is 5.34. The molecule has 0 aliphatic heterocycles. The molecule has 0 aliphatic rings. The molecular formula is C15H20FN3S. The van der Waals surface area contributed by atoms with Gasteiger partial charge in [0, 0.05) is 17.7 Å². The van der Waals surface area contributed by atoms with Gasteiger partial charge in [-0.25, -0.2) is 4.39 Å². The zero-order chi connectivity index (χ0) is 14.7. The molecule has 0 spiro atoms. The highest BCUT2D eigenvalue weighted by Gasteiger charge is 2.17. The molecule has 0 saturated heterocycles.